The molecule has 0 aliphatic heterocycles. The molecule has 0 atom stereocenters. The van der Waals surface area contributed by atoms with Crippen LogP contribution in [0.25, 0.3) is 5.53 Å². The van der Waals surface area contributed by atoms with E-state index in [-0.39, 0.29) is 5.41 Å². The van der Waals surface area contributed by atoms with Crippen molar-refractivity contribution in [1.29, 1.82) is 0 Å². The average molecular weight is 345 g/mol. The highest BCUT2D eigenvalue weighted by Crippen LogP contribution is 2.31. The van der Waals surface area contributed by atoms with Crippen LogP contribution in [0, 0.1) is 0 Å². The molecule has 1 aliphatic carbocycles. The molecule has 1 aliphatic rings. The number of allylic oxidation sites excluding steroid dienone is 4. The van der Waals surface area contributed by atoms with Crippen LogP contribution in [-0.2, 0) is 5.41 Å². The van der Waals surface area contributed by atoms with Gasteiger partial charge in [0.2, 0.25) is 5.76 Å². The van der Waals surface area contributed by atoms with E-state index in [0.29, 0.717) is 22.9 Å². The van der Waals surface area contributed by atoms with Gasteiger partial charge in [0, 0.05) is 5.03 Å². The summed E-state index contributed by atoms with van der Waals surface area (Å²) in [6, 6.07) is 8.16. The second kappa shape index (κ2) is 8.32. The molecule has 0 heterocycles. The molecule has 0 saturated heterocycles. The summed E-state index contributed by atoms with van der Waals surface area (Å²) in [5, 5.41) is 0.624. The maximum atomic E-state index is 9.09. The zero-order valence-corrected chi connectivity index (χ0v) is 15.4. The molecule has 1 aromatic rings. The van der Waals surface area contributed by atoms with E-state index in [4.69, 9.17) is 21.9 Å². The van der Waals surface area contributed by atoms with Crippen LogP contribution in [0.2, 0.25) is 0 Å². The highest BCUT2D eigenvalue weighted by atomic mass is 35.5. The summed E-state index contributed by atoms with van der Waals surface area (Å²) in [5.41, 5.74) is 11.0. The lowest BCUT2D eigenvalue weighted by Crippen LogP contribution is -2.17. The predicted molar refractivity (Wildman–Crippen MR) is 99.5 cm³/mol. The lowest BCUT2D eigenvalue weighted by Gasteiger charge is -2.25. The molecule has 0 spiro atoms. The Morgan fingerprint density at radius 3 is 2.50 bits per heavy atom. The number of benzene rings is 1. The Kier molecular flexibility index (Phi) is 6.42. The van der Waals surface area contributed by atoms with E-state index in [2.05, 4.69) is 37.7 Å². The minimum absolute atomic E-state index is 0.159. The van der Waals surface area contributed by atoms with E-state index in [1.807, 2.05) is 12.1 Å². The third-order valence-corrected chi connectivity index (χ3v) is 4.69. The molecule has 0 saturated carbocycles. The predicted octanol–water partition coefficient (Wildman–Crippen LogP) is 6.00. The third-order valence-electron chi connectivity index (χ3n) is 4.43. The van der Waals surface area contributed by atoms with Gasteiger partial charge >= 0.3 is 5.71 Å². The molecule has 2 rings (SSSR count). The quantitative estimate of drug-likeness (QED) is 0.339. The second-order valence-corrected chi connectivity index (χ2v) is 7.32. The van der Waals surface area contributed by atoms with E-state index in [1.54, 1.807) is 12.2 Å². The highest BCUT2D eigenvalue weighted by Gasteiger charge is 2.23. The zero-order valence-electron chi connectivity index (χ0n) is 14.7. The Morgan fingerprint density at radius 1 is 1.17 bits per heavy atom. The first-order valence-corrected chi connectivity index (χ1v) is 8.90. The first kappa shape index (κ1) is 18.5. The molecular weight excluding hydrogens is 320 g/mol. The van der Waals surface area contributed by atoms with Gasteiger partial charge in [-0.3, -0.25) is 0 Å². The zero-order chi connectivity index (χ0) is 17.6. The van der Waals surface area contributed by atoms with Crippen LogP contribution in [-0.4, -0.2) is 10.5 Å². The topological polar surface area (TPSA) is 45.6 Å². The van der Waals surface area contributed by atoms with E-state index in [9.17, 15) is 0 Å². The molecule has 0 aromatic heterocycles. The third kappa shape index (κ3) is 4.83. The summed E-state index contributed by atoms with van der Waals surface area (Å²) in [4.78, 5) is 3.27. The molecule has 4 heteroatoms. The fourth-order valence-electron chi connectivity index (χ4n) is 2.81. The maximum Gasteiger partial charge on any atom is 0.339 e. The lowest BCUT2D eigenvalue weighted by atomic mass is 9.80. The van der Waals surface area contributed by atoms with Crippen molar-refractivity contribution in [2.45, 2.75) is 58.3 Å². The van der Waals surface area contributed by atoms with Gasteiger partial charge in [-0.05, 0) is 41.7 Å². The standard InChI is InChI=1S/C20H25ClN2O/c1-4-5-6-13-20(2,3)15-7-10-17(11-8-15)24-19-12-9-16(21)14-18(19)23-22/h7-12H,4-6,13-14H2,1-3H3. The summed E-state index contributed by atoms with van der Waals surface area (Å²) in [5.74, 6) is 1.25. The Hall–Kier alpha value is -1.83. The van der Waals surface area contributed by atoms with Gasteiger partial charge in [-0.1, -0.05) is 63.8 Å². The molecule has 128 valence electrons. The Labute approximate surface area is 149 Å². The van der Waals surface area contributed by atoms with Gasteiger partial charge in [0.1, 0.15) is 5.75 Å². The van der Waals surface area contributed by atoms with E-state index < -0.39 is 0 Å². The molecular formula is C20H25ClN2O. The van der Waals surface area contributed by atoms with Crippen molar-refractivity contribution < 1.29 is 9.53 Å². The minimum atomic E-state index is 0.159. The van der Waals surface area contributed by atoms with Crippen LogP contribution >= 0.6 is 11.6 Å². The van der Waals surface area contributed by atoms with E-state index in [0.717, 1.165) is 5.75 Å². The largest absolute Gasteiger partial charge is 0.449 e. The van der Waals surface area contributed by atoms with Crippen LogP contribution < -0.4 is 4.74 Å². The molecule has 0 unspecified atom stereocenters. The van der Waals surface area contributed by atoms with Crippen LogP contribution in [0.15, 0.2) is 47.2 Å². The van der Waals surface area contributed by atoms with Gasteiger partial charge < -0.3 is 10.3 Å². The van der Waals surface area contributed by atoms with Crippen molar-refractivity contribution in [1.82, 2.24) is 0 Å². The Balaban J connectivity index is 2.08. The first-order valence-electron chi connectivity index (χ1n) is 8.52. The first-order chi connectivity index (χ1) is 11.5. The maximum absolute atomic E-state index is 9.09. The average Bonchev–Trinajstić information content (AvgIpc) is 2.57. The van der Waals surface area contributed by atoms with Crippen molar-refractivity contribution in [3.8, 4) is 5.75 Å². The molecule has 0 amide bonds. The van der Waals surface area contributed by atoms with Gasteiger partial charge in [0.05, 0.1) is 6.42 Å². The molecule has 24 heavy (non-hydrogen) atoms. The molecule has 0 N–H and O–H groups in total. The van der Waals surface area contributed by atoms with Gasteiger partial charge in [-0.2, -0.15) is 4.79 Å². The molecule has 0 fully saturated rings. The normalized spacial score (nSPS) is 14.8. The monoisotopic (exact) mass is 344 g/mol. The lowest BCUT2D eigenvalue weighted by molar-refractivity contribution is -0.00940. The summed E-state index contributed by atoms with van der Waals surface area (Å²) in [6.07, 6.45) is 8.81. The number of hydrogen-bond acceptors (Lipinski definition) is 1. The highest BCUT2D eigenvalue weighted by molar-refractivity contribution is 6.32. The smallest absolute Gasteiger partial charge is 0.339 e. The van der Waals surface area contributed by atoms with Crippen LogP contribution in [0.1, 0.15) is 58.4 Å². The van der Waals surface area contributed by atoms with Crippen LogP contribution in [0.5, 0.6) is 5.75 Å². The molecule has 3 nitrogen and oxygen atoms in total. The van der Waals surface area contributed by atoms with E-state index >= 15 is 0 Å². The van der Waals surface area contributed by atoms with Gasteiger partial charge in [0.25, 0.3) is 0 Å². The van der Waals surface area contributed by atoms with Crippen molar-refractivity contribution in [3.63, 3.8) is 0 Å². The molecule has 0 radical (unpaired) electrons. The number of rotatable bonds is 7. The SMILES string of the molecule is CCCCCC(C)(C)c1ccc(OC2=CC=C(Cl)CC2=[N+]=[N-])cc1. The number of hydrogen-bond donors (Lipinski definition) is 0. The molecule has 1 aromatic carbocycles. The van der Waals surface area contributed by atoms with Crippen molar-refractivity contribution >= 4 is 17.3 Å². The number of ether oxygens (including phenoxy) is 1. The number of halogens is 1. The fraction of sp³-hybridized carbons (Fsp3) is 0.450. The van der Waals surface area contributed by atoms with Crippen molar-refractivity contribution in [2.24, 2.45) is 0 Å². The summed E-state index contributed by atoms with van der Waals surface area (Å²) in [7, 11) is 0. The Bertz CT molecular complexity index is 680. The van der Waals surface area contributed by atoms with Crippen LogP contribution in [0.4, 0.5) is 0 Å². The van der Waals surface area contributed by atoms with Gasteiger partial charge in [0.15, 0.2) is 0 Å². The Morgan fingerprint density at radius 2 is 1.88 bits per heavy atom. The van der Waals surface area contributed by atoms with Gasteiger partial charge in [-0.25, -0.2) is 0 Å². The second-order valence-electron chi connectivity index (χ2n) is 6.84. The summed E-state index contributed by atoms with van der Waals surface area (Å²) < 4.78 is 5.84. The number of nitrogens with zero attached hydrogens (tertiary/aromatic N) is 2. The van der Waals surface area contributed by atoms with Gasteiger partial charge in [-0.15, -0.1) is 0 Å². The fourth-order valence-corrected chi connectivity index (χ4v) is 3.00. The molecule has 0 bridgehead atoms. The minimum Gasteiger partial charge on any atom is -0.449 e. The number of unbranched alkanes of at least 4 members (excludes halogenated alkanes) is 2. The summed E-state index contributed by atoms with van der Waals surface area (Å²) >= 11 is 5.95. The van der Waals surface area contributed by atoms with Crippen molar-refractivity contribution in [2.75, 3.05) is 0 Å². The van der Waals surface area contributed by atoms with E-state index in [1.165, 1.54) is 31.2 Å². The summed E-state index contributed by atoms with van der Waals surface area (Å²) in [6.45, 7) is 6.79. The van der Waals surface area contributed by atoms with Crippen molar-refractivity contribution in [3.05, 3.63) is 58.3 Å². The van der Waals surface area contributed by atoms with Crippen LogP contribution in [0.3, 0.4) is 0 Å².